The third-order valence-electron chi connectivity index (χ3n) is 1.79. The topological polar surface area (TPSA) is 26.0 Å². The van der Waals surface area contributed by atoms with E-state index in [9.17, 15) is 0 Å². The molecule has 0 atom stereocenters. The van der Waals surface area contributed by atoms with Gasteiger partial charge in [0.1, 0.15) is 5.76 Å². The Morgan fingerprint density at radius 2 is 2.27 bits per heavy atom. The molecule has 1 heterocycles. The van der Waals surface area contributed by atoms with E-state index in [4.69, 9.17) is 4.42 Å². The van der Waals surface area contributed by atoms with E-state index < -0.39 is 0 Å². The highest BCUT2D eigenvalue weighted by Crippen LogP contribution is 2.09. The van der Waals surface area contributed by atoms with E-state index in [1.54, 1.807) is 0 Å². The van der Waals surface area contributed by atoms with E-state index in [1.807, 2.05) is 6.92 Å². The molecule has 0 amide bonds. The van der Waals surface area contributed by atoms with E-state index >= 15 is 0 Å². The minimum absolute atomic E-state index is 0.987. The van der Waals surface area contributed by atoms with Crippen LogP contribution < -0.4 is 0 Å². The van der Waals surface area contributed by atoms with Gasteiger partial charge in [0.15, 0.2) is 0 Å². The fourth-order valence-corrected chi connectivity index (χ4v) is 1.05. The summed E-state index contributed by atoms with van der Waals surface area (Å²) in [6, 6.07) is 0. The van der Waals surface area contributed by atoms with Crippen LogP contribution in [-0.4, -0.2) is 4.98 Å². The molecule has 0 aliphatic rings. The summed E-state index contributed by atoms with van der Waals surface area (Å²) < 4.78 is 5.07. The minimum Gasteiger partial charge on any atom is -0.437 e. The van der Waals surface area contributed by atoms with Crippen molar-refractivity contribution in [3.05, 3.63) is 17.8 Å². The summed E-state index contributed by atoms with van der Waals surface area (Å²) in [5.74, 6) is 0.999. The average molecular weight is 152 g/mol. The van der Waals surface area contributed by atoms with Crippen molar-refractivity contribution < 1.29 is 4.42 Å². The number of unbranched alkanes of at least 4 members (excludes halogenated alkanes) is 2. The van der Waals surface area contributed by atoms with Crippen molar-refractivity contribution in [2.24, 2.45) is 0 Å². The van der Waals surface area contributed by atoms with Crippen molar-refractivity contribution in [2.45, 2.75) is 39.5 Å². The van der Waals surface area contributed by atoms with Gasteiger partial charge in [-0.3, -0.25) is 0 Å². The molecular weight excluding hydrogens is 138 g/mol. The van der Waals surface area contributed by atoms with Crippen LogP contribution in [0.2, 0.25) is 0 Å². The van der Waals surface area contributed by atoms with Gasteiger partial charge in [-0.15, -0.1) is 0 Å². The van der Waals surface area contributed by atoms with Gasteiger partial charge < -0.3 is 4.42 Å². The molecule has 61 valence electrons. The minimum atomic E-state index is 0.987. The van der Waals surface area contributed by atoms with Crippen molar-refractivity contribution in [3.63, 3.8) is 0 Å². The first kappa shape index (κ1) is 8.31. The molecule has 2 heteroatoms. The van der Waals surface area contributed by atoms with Gasteiger partial charge in [-0.1, -0.05) is 19.8 Å². The number of aromatic nitrogens is 1. The van der Waals surface area contributed by atoms with Crippen LogP contribution in [0, 0.1) is 13.3 Å². The van der Waals surface area contributed by atoms with Crippen LogP contribution in [0.1, 0.15) is 37.6 Å². The Labute approximate surface area is 67.6 Å². The zero-order valence-corrected chi connectivity index (χ0v) is 7.18. The highest BCUT2D eigenvalue weighted by Gasteiger charge is 2.01. The monoisotopic (exact) mass is 152 g/mol. The Hall–Kier alpha value is -0.790. The van der Waals surface area contributed by atoms with Crippen molar-refractivity contribution in [3.8, 4) is 0 Å². The molecule has 0 bridgehead atoms. The average Bonchev–Trinajstić information content (AvgIpc) is 2.37. The Morgan fingerprint density at radius 3 is 2.82 bits per heavy atom. The first-order chi connectivity index (χ1) is 5.34. The quantitative estimate of drug-likeness (QED) is 0.619. The highest BCUT2D eigenvalue weighted by molar-refractivity contribution is 5.03. The van der Waals surface area contributed by atoms with Crippen LogP contribution in [0.15, 0.2) is 4.42 Å². The lowest BCUT2D eigenvalue weighted by Gasteiger charge is -1.94. The van der Waals surface area contributed by atoms with Gasteiger partial charge >= 0.3 is 0 Å². The largest absolute Gasteiger partial charge is 0.437 e. The second-order valence-electron chi connectivity index (χ2n) is 2.77. The normalized spacial score (nSPS) is 10.4. The van der Waals surface area contributed by atoms with Crippen LogP contribution in [0.5, 0.6) is 0 Å². The summed E-state index contributed by atoms with van der Waals surface area (Å²) in [5.41, 5.74) is 0.987. The molecule has 0 N–H and O–H groups in total. The molecule has 0 aliphatic heterocycles. The van der Waals surface area contributed by atoms with Gasteiger partial charge in [-0.2, -0.15) is 0 Å². The van der Waals surface area contributed by atoms with Gasteiger partial charge in [0.05, 0.1) is 5.69 Å². The van der Waals surface area contributed by atoms with Gasteiger partial charge in [0, 0.05) is 6.42 Å². The molecule has 1 rings (SSSR count). The van der Waals surface area contributed by atoms with Gasteiger partial charge in [-0.25, -0.2) is 4.98 Å². The maximum atomic E-state index is 5.07. The lowest BCUT2D eigenvalue weighted by Crippen LogP contribution is -1.85. The summed E-state index contributed by atoms with van der Waals surface area (Å²) in [6.45, 7) is 4.15. The maximum absolute atomic E-state index is 5.07. The number of hydrogen-bond acceptors (Lipinski definition) is 2. The number of oxazole rings is 1. The molecule has 1 aromatic heterocycles. The number of rotatable bonds is 4. The summed E-state index contributed by atoms with van der Waals surface area (Å²) in [7, 11) is 0. The summed E-state index contributed by atoms with van der Waals surface area (Å²) in [5, 5.41) is 0. The molecule has 0 spiro atoms. The predicted molar refractivity (Wildman–Crippen MR) is 43.3 cm³/mol. The second kappa shape index (κ2) is 4.16. The Bertz CT molecular complexity index is 205. The maximum Gasteiger partial charge on any atom is 0.284 e. The van der Waals surface area contributed by atoms with Crippen molar-refractivity contribution in [1.82, 2.24) is 4.98 Å². The third-order valence-corrected chi connectivity index (χ3v) is 1.79. The fourth-order valence-electron chi connectivity index (χ4n) is 1.05. The molecule has 0 saturated heterocycles. The summed E-state index contributed by atoms with van der Waals surface area (Å²) >= 11 is 0. The van der Waals surface area contributed by atoms with Gasteiger partial charge in [0.25, 0.3) is 6.39 Å². The zero-order valence-electron chi connectivity index (χ0n) is 7.18. The smallest absolute Gasteiger partial charge is 0.284 e. The standard InChI is InChI=1S/C9H14NO/c1-3-4-5-6-9-8(2)10-7-11-9/h3-6H2,1-2H3. The van der Waals surface area contributed by atoms with E-state index in [1.165, 1.54) is 19.3 Å². The molecule has 2 nitrogen and oxygen atoms in total. The Kier molecular flexibility index (Phi) is 3.14. The van der Waals surface area contributed by atoms with Crippen LogP contribution in [0.4, 0.5) is 0 Å². The lowest BCUT2D eigenvalue weighted by atomic mass is 10.1. The number of aryl methyl sites for hydroxylation is 2. The molecule has 0 unspecified atom stereocenters. The molecule has 0 aliphatic carbocycles. The van der Waals surface area contributed by atoms with Crippen molar-refractivity contribution in [1.29, 1.82) is 0 Å². The summed E-state index contributed by atoms with van der Waals surface area (Å²) in [4.78, 5) is 3.90. The molecule has 11 heavy (non-hydrogen) atoms. The molecule has 1 radical (unpaired) electrons. The Balaban J connectivity index is 2.32. The first-order valence-corrected chi connectivity index (χ1v) is 4.17. The van der Waals surface area contributed by atoms with Gasteiger partial charge in [-0.05, 0) is 13.3 Å². The van der Waals surface area contributed by atoms with E-state index in [0.717, 1.165) is 17.9 Å². The number of hydrogen-bond donors (Lipinski definition) is 0. The second-order valence-corrected chi connectivity index (χ2v) is 2.77. The fraction of sp³-hybridized carbons (Fsp3) is 0.667. The third kappa shape index (κ3) is 2.37. The molecular formula is C9H14NO. The van der Waals surface area contributed by atoms with Gasteiger partial charge in [0.2, 0.25) is 0 Å². The molecule has 1 aromatic rings. The molecule has 0 aromatic carbocycles. The van der Waals surface area contributed by atoms with E-state index in [-0.39, 0.29) is 0 Å². The van der Waals surface area contributed by atoms with E-state index in [2.05, 4.69) is 18.3 Å². The molecule has 0 saturated carbocycles. The first-order valence-electron chi connectivity index (χ1n) is 4.17. The van der Waals surface area contributed by atoms with E-state index in [0.29, 0.717) is 0 Å². The lowest BCUT2D eigenvalue weighted by molar-refractivity contribution is 0.483. The van der Waals surface area contributed by atoms with Crippen molar-refractivity contribution in [2.75, 3.05) is 0 Å². The summed E-state index contributed by atoms with van der Waals surface area (Å²) in [6.07, 6.45) is 7.22. The zero-order chi connectivity index (χ0) is 8.10. The highest BCUT2D eigenvalue weighted by atomic mass is 16.3. The van der Waals surface area contributed by atoms with Crippen LogP contribution >= 0.6 is 0 Å². The van der Waals surface area contributed by atoms with Crippen LogP contribution in [-0.2, 0) is 6.42 Å². The molecule has 0 fully saturated rings. The van der Waals surface area contributed by atoms with Crippen molar-refractivity contribution >= 4 is 0 Å². The number of nitrogens with zero attached hydrogens (tertiary/aromatic N) is 1. The van der Waals surface area contributed by atoms with Crippen LogP contribution in [0.3, 0.4) is 0 Å². The van der Waals surface area contributed by atoms with Crippen LogP contribution in [0.25, 0.3) is 0 Å². The predicted octanol–water partition coefficient (Wildman–Crippen LogP) is 2.52. The Morgan fingerprint density at radius 1 is 1.45 bits per heavy atom. The SMILES string of the molecule is CCCCCc1o[c]nc1C.